The fourth-order valence-electron chi connectivity index (χ4n) is 3.30. The van der Waals surface area contributed by atoms with Crippen LogP contribution in [-0.2, 0) is 4.79 Å². The average molecular weight is 431 g/mol. The summed E-state index contributed by atoms with van der Waals surface area (Å²) in [6, 6.07) is 11.3. The SMILES string of the molecule is CN(C)CCNc1ccc(NC(=O)C2=CNNc3ccc(-c4cncc(N)c4)cc32)cn1. The molecule has 3 heterocycles. The van der Waals surface area contributed by atoms with Crippen molar-refractivity contribution in [2.24, 2.45) is 0 Å². The molecule has 0 radical (unpaired) electrons. The van der Waals surface area contributed by atoms with Crippen molar-refractivity contribution in [3.05, 3.63) is 66.8 Å². The third-order valence-corrected chi connectivity index (χ3v) is 4.96. The second kappa shape index (κ2) is 9.36. The monoisotopic (exact) mass is 430 g/mol. The number of pyridine rings is 2. The molecule has 9 nitrogen and oxygen atoms in total. The largest absolute Gasteiger partial charge is 0.397 e. The first kappa shape index (κ1) is 21.1. The number of benzene rings is 1. The van der Waals surface area contributed by atoms with E-state index in [2.05, 4.69) is 36.4 Å². The van der Waals surface area contributed by atoms with Crippen LogP contribution < -0.4 is 27.2 Å². The van der Waals surface area contributed by atoms with Crippen LogP contribution in [-0.4, -0.2) is 48.0 Å². The van der Waals surface area contributed by atoms with Crippen LogP contribution in [0.4, 0.5) is 22.9 Å². The van der Waals surface area contributed by atoms with Gasteiger partial charge in [0.1, 0.15) is 5.82 Å². The second-order valence-electron chi connectivity index (χ2n) is 7.71. The summed E-state index contributed by atoms with van der Waals surface area (Å²) in [6.45, 7) is 1.70. The first-order valence-electron chi connectivity index (χ1n) is 10.2. The molecule has 2 aromatic heterocycles. The zero-order valence-electron chi connectivity index (χ0n) is 18.0. The highest BCUT2D eigenvalue weighted by Crippen LogP contribution is 2.32. The van der Waals surface area contributed by atoms with Gasteiger partial charge in [-0.3, -0.25) is 9.78 Å². The lowest BCUT2D eigenvalue weighted by molar-refractivity contribution is -0.111. The lowest BCUT2D eigenvalue weighted by Crippen LogP contribution is -2.25. The number of carbonyl (C=O) groups is 1. The molecule has 0 bridgehead atoms. The standard InChI is InChI=1S/C23H26N8O/c1-31(2)8-7-26-22-6-4-18(13-27-22)29-23(32)20-14-28-30-21-5-3-15(10-19(20)21)16-9-17(24)12-25-11-16/h3-6,9-14,28,30H,7-8,24H2,1-2H3,(H,26,27)(H,29,32). The molecular weight excluding hydrogens is 404 g/mol. The van der Waals surface area contributed by atoms with Crippen LogP contribution in [0.2, 0.25) is 0 Å². The summed E-state index contributed by atoms with van der Waals surface area (Å²) in [7, 11) is 4.04. The second-order valence-corrected chi connectivity index (χ2v) is 7.71. The van der Waals surface area contributed by atoms with Gasteiger partial charge in [0.25, 0.3) is 5.91 Å². The van der Waals surface area contributed by atoms with Gasteiger partial charge in [-0.15, -0.1) is 0 Å². The van der Waals surface area contributed by atoms with E-state index in [0.29, 0.717) is 16.9 Å². The predicted molar refractivity (Wildman–Crippen MR) is 129 cm³/mol. The molecule has 1 aliphatic rings. The molecule has 0 saturated carbocycles. The van der Waals surface area contributed by atoms with Gasteiger partial charge in [-0.1, -0.05) is 6.07 Å². The van der Waals surface area contributed by atoms with Crippen LogP contribution in [0.1, 0.15) is 5.56 Å². The molecule has 3 aromatic rings. The lowest BCUT2D eigenvalue weighted by Gasteiger charge is -2.21. The summed E-state index contributed by atoms with van der Waals surface area (Å²) in [5.41, 5.74) is 17.0. The Morgan fingerprint density at radius 2 is 1.97 bits per heavy atom. The molecule has 1 amide bonds. The van der Waals surface area contributed by atoms with Crippen LogP contribution in [0.25, 0.3) is 16.7 Å². The van der Waals surface area contributed by atoms with Crippen molar-refractivity contribution in [1.82, 2.24) is 20.3 Å². The minimum Gasteiger partial charge on any atom is -0.397 e. The van der Waals surface area contributed by atoms with Crippen molar-refractivity contribution in [2.45, 2.75) is 0 Å². The summed E-state index contributed by atoms with van der Waals surface area (Å²) in [5.74, 6) is 0.525. The van der Waals surface area contributed by atoms with Crippen molar-refractivity contribution >= 4 is 34.4 Å². The van der Waals surface area contributed by atoms with Crippen LogP contribution >= 0.6 is 0 Å². The maximum absolute atomic E-state index is 13.0. The number of nitrogens with zero attached hydrogens (tertiary/aromatic N) is 3. The number of hydrazine groups is 1. The van der Waals surface area contributed by atoms with Crippen LogP contribution in [0.3, 0.4) is 0 Å². The first-order valence-corrected chi connectivity index (χ1v) is 10.2. The number of fused-ring (bicyclic) bond motifs is 1. The number of amides is 1. The zero-order valence-corrected chi connectivity index (χ0v) is 18.0. The average Bonchev–Trinajstić information content (AvgIpc) is 2.79. The van der Waals surface area contributed by atoms with Gasteiger partial charge in [0.05, 0.1) is 28.8 Å². The number of hydrogen-bond acceptors (Lipinski definition) is 8. The maximum atomic E-state index is 13.0. The summed E-state index contributed by atoms with van der Waals surface area (Å²) in [4.78, 5) is 23.7. The number of nitrogens with two attached hydrogens (primary N) is 1. The highest BCUT2D eigenvalue weighted by atomic mass is 16.1. The molecule has 1 aliphatic heterocycles. The van der Waals surface area contributed by atoms with Gasteiger partial charge >= 0.3 is 0 Å². The molecule has 1 aromatic carbocycles. The summed E-state index contributed by atoms with van der Waals surface area (Å²) in [5, 5.41) is 6.17. The molecule has 0 saturated heterocycles. The molecule has 0 atom stereocenters. The van der Waals surface area contributed by atoms with E-state index in [-0.39, 0.29) is 5.91 Å². The molecule has 32 heavy (non-hydrogen) atoms. The minimum absolute atomic E-state index is 0.238. The van der Waals surface area contributed by atoms with Gasteiger partial charge < -0.3 is 32.1 Å². The summed E-state index contributed by atoms with van der Waals surface area (Å²) in [6.07, 6.45) is 6.63. The van der Waals surface area contributed by atoms with Gasteiger partial charge in [-0.25, -0.2) is 4.98 Å². The fourth-order valence-corrected chi connectivity index (χ4v) is 3.30. The normalized spacial score (nSPS) is 12.3. The quantitative estimate of drug-likeness (QED) is 0.388. The Balaban J connectivity index is 1.49. The highest BCUT2D eigenvalue weighted by Gasteiger charge is 2.20. The Hall–Kier alpha value is -4.11. The van der Waals surface area contributed by atoms with E-state index in [1.54, 1.807) is 24.8 Å². The molecule has 0 aliphatic carbocycles. The van der Waals surface area contributed by atoms with E-state index in [0.717, 1.165) is 41.3 Å². The topological polar surface area (TPSA) is 120 Å². The smallest absolute Gasteiger partial charge is 0.257 e. The van der Waals surface area contributed by atoms with Crippen molar-refractivity contribution in [2.75, 3.05) is 49.0 Å². The minimum atomic E-state index is -0.238. The van der Waals surface area contributed by atoms with Crippen molar-refractivity contribution < 1.29 is 4.79 Å². The highest BCUT2D eigenvalue weighted by molar-refractivity contribution is 6.26. The Morgan fingerprint density at radius 3 is 2.72 bits per heavy atom. The third kappa shape index (κ3) is 4.96. The number of aromatic nitrogens is 2. The number of hydrogen-bond donors (Lipinski definition) is 5. The van der Waals surface area contributed by atoms with Crippen molar-refractivity contribution in [3.8, 4) is 11.1 Å². The molecule has 164 valence electrons. The lowest BCUT2D eigenvalue weighted by atomic mass is 9.97. The molecule has 0 unspecified atom stereocenters. The maximum Gasteiger partial charge on any atom is 0.257 e. The number of carbonyl (C=O) groups excluding carboxylic acids is 1. The van der Waals surface area contributed by atoms with Crippen LogP contribution in [0.15, 0.2) is 61.2 Å². The van der Waals surface area contributed by atoms with Crippen LogP contribution in [0, 0.1) is 0 Å². The van der Waals surface area contributed by atoms with E-state index < -0.39 is 0 Å². The van der Waals surface area contributed by atoms with Crippen molar-refractivity contribution in [1.29, 1.82) is 0 Å². The van der Waals surface area contributed by atoms with E-state index in [9.17, 15) is 4.79 Å². The van der Waals surface area contributed by atoms with Gasteiger partial charge in [0.15, 0.2) is 0 Å². The predicted octanol–water partition coefficient (Wildman–Crippen LogP) is 2.61. The molecular formula is C23H26N8O. The van der Waals surface area contributed by atoms with Crippen molar-refractivity contribution in [3.63, 3.8) is 0 Å². The number of rotatable bonds is 7. The number of likely N-dealkylation sites (N-methyl/N-ethyl adjacent to an activating group) is 1. The van der Waals surface area contributed by atoms with E-state index >= 15 is 0 Å². The number of nitrogen functional groups attached to an aromatic ring is 1. The van der Waals surface area contributed by atoms with Gasteiger partial charge in [-0.2, -0.15) is 0 Å². The fraction of sp³-hybridized carbons (Fsp3) is 0.174. The Kier molecular flexibility index (Phi) is 6.18. The third-order valence-electron chi connectivity index (χ3n) is 4.96. The van der Waals surface area contributed by atoms with E-state index in [1.165, 1.54) is 0 Å². The van der Waals surface area contributed by atoms with E-state index in [4.69, 9.17) is 5.73 Å². The molecule has 9 heteroatoms. The molecule has 6 N–H and O–H groups in total. The Bertz CT molecular complexity index is 1140. The van der Waals surface area contributed by atoms with E-state index in [1.807, 2.05) is 50.5 Å². The molecule has 0 spiro atoms. The van der Waals surface area contributed by atoms with Gasteiger partial charge in [0, 0.05) is 42.8 Å². The molecule has 0 fully saturated rings. The first-order chi connectivity index (χ1) is 15.5. The van der Waals surface area contributed by atoms with Gasteiger partial charge in [-0.05, 0) is 50.0 Å². The molecule has 4 rings (SSSR count). The van der Waals surface area contributed by atoms with Crippen LogP contribution in [0.5, 0.6) is 0 Å². The summed E-state index contributed by atoms with van der Waals surface area (Å²) < 4.78 is 0. The zero-order chi connectivity index (χ0) is 22.5. The van der Waals surface area contributed by atoms with Gasteiger partial charge in [0.2, 0.25) is 0 Å². The summed E-state index contributed by atoms with van der Waals surface area (Å²) >= 11 is 0. The number of anilines is 4. The number of nitrogens with one attached hydrogen (secondary N) is 4. The Labute approximate surface area is 186 Å². The Morgan fingerprint density at radius 1 is 1.09 bits per heavy atom.